The summed E-state index contributed by atoms with van der Waals surface area (Å²) < 4.78 is 9.93. The molecule has 0 bridgehead atoms. The van der Waals surface area contributed by atoms with Gasteiger partial charge in [-0.1, -0.05) is 11.6 Å². The van der Waals surface area contributed by atoms with Gasteiger partial charge in [-0.2, -0.15) is 5.26 Å². The second-order valence-corrected chi connectivity index (χ2v) is 6.80. The Morgan fingerprint density at radius 2 is 1.67 bits per heavy atom. The molecule has 160 valence electrons. The number of nitrogens with zero attached hydrogens (tertiary/aromatic N) is 3. The molecule has 0 atom stereocenters. The van der Waals surface area contributed by atoms with Crippen LogP contribution in [0.1, 0.15) is 13.8 Å². The molecule has 0 aromatic heterocycles. The highest BCUT2D eigenvalue weighted by atomic mass is 35.5. The van der Waals surface area contributed by atoms with Crippen LogP contribution >= 0.6 is 11.6 Å². The summed E-state index contributed by atoms with van der Waals surface area (Å²) in [5.74, 6) is -1.37. The lowest BCUT2D eigenvalue weighted by Crippen LogP contribution is -2.48. The van der Waals surface area contributed by atoms with Gasteiger partial charge in [0.25, 0.3) is 0 Å². The third-order valence-corrected chi connectivity index (χ3v) is 4.74. The maximum absolute atomic E-state index is 12.5. The van der Waals surface area contributed by atoms with Crippen LogP contribution in [-0.4, -0.2) is 56.2 Å². The average Bonchev–Trinajstić information content (AvgIpc) is 2.75. The molecule has 0 aliphatic carbocycles. The fraction of sp³-hybridized carbons (Fsp3) is 0.381. The molecule has 1 aromatic carbocycles. The zero-order chi connectivity index (χ0) is 22.1. The molecule has 1 heterocycles. The number of hydrogen-bond acceptors (Lipinski definition) is 8. The Kier molecular flexibility index (Phi) is 8.56. The second kappa shape index (κ2) is 11.1. The van der Waals surface area contributed by atoms with Crippen LogP contribution in [0.2, 0.25) is 5.02 Å². The fourth-order valence-electron chi connectivity index (χ4n) is 2.96. The van der Waals surface area contributed by atoms with Crippen LogP contribution < -0.4 is 10.6 Å². The van der Waals surface area contributed by atoms with Crippen molar-refractivity contribution in [2.45, 2.75) is 13.8 Å². The maximum Gasteiger partial charge on any atom is 0.348 e. The molecular weight excluding hydrogens is 408 g/mol. The summed E-state index contributed by atoms with van der Waals surface area (Å²) >= 11 is 5.95. The minimum atomic E-state index is -0.817. The number of hydrogen-bond donors (Lipinski definition) is 1. The van der Waals surface area contributed by atoms with Crippen LogP contribution in [0.5, 0.6) is 0 Å². The molecular formula is C21H25ClN4O4. The summed E-state index contributed by atoms with van der Waals surface area (Å²) in [6.07, 6.45) is 1.14. The molecule has 9 heteroatoms. The molecule has 0 amide bonds. The topological polar surface area (TPSA) is 109 Å². The second-order valence-electron chi connectivity index (χ2n) is 6.36. The van der Waals surface area contributed by atoms with Gasteiger partial charge in [-0.25, -0.2) is 9.59 Å². The summed E-state index contributed by atoms with van der Waals surface area (Å²) in [6, 6.07) is 9.32. The largest absolute Gasteiger partial charge is 0.462 e. The molecule has 30 heavy (non-hydrogen) atoms. The first-order valence-corrected chi connectivity index (χ1v) is 10.00. The van der Waals surface area contributed by atoms with Crippen molar-refractivity contribution in [3.63, 3.8) is 0 Å². The Morgan fingerprint density at radius 3 is 2.20 bits per heavy atom. The first-order valence-electron chi connectivity index (χ1n) is 9.62. The molecule has 1 aliphatic heterocycles. The minimum Gasteiger partial charge on any atom is -0.462 e. The number of carbonyl (C=O) groups is 2. The van der Waals surface area contributed by atoms with E-state index in [9.17, 15) is 14.9 Å². The predicted molar refractivity (Wildman–Crippen MR) is 113 cm³/mol. The SMILES string of the molecule is CCOC(=O)/C(C#N)=C/C(C(=O)OCC)=C(/N)N1CCN(c2ccc(Cl)cc2)CC1. The van der Waals surface area contributed by atoms with Gasteiger partial charge in [-0.3, -0.25) is 0 Å². The summed E-state index contributed by atoms with van der Waals surface area (Å²) in [7, 11) is 0. The molecule has 1 aliphatic rings. The molecule has 1 saturated heterocycles. The molecule has 0 spiro atoms. The normalized spacial score (nSPS) is 15.2. The molecule has 2 rings (SSSR count). The highest BCUT2D eigenvalue weighted by molar-refractivity contribution is 6.30. The summed E-state index contributed by atoms with van der Waals surface area (Å²) in [5, 5.41) is 9.96. The van der Waals surface area contributed by atoms with Gasteiger partial charge in [0.2, 0.25) is 0 Å². The monoisotopic (exact) mass is 432 g/mol. The Labute approximate surface area is 181 Å². The Hall–Kier alpha value is -3.18. The lowest BCUT2D eigenvalue weighted by atomic mass is 10.1. The van der Waals surface area contributed by atoms with Gasteiger partial charge in [-0.05, 0) is 44.2 Å². The molecule has 0 saturated carbocycles. The van der Waals surface area contributed by atoms with Crippen molar-refractivity contribution in [1.29, 1.82) is 5.26 Å². The third kappa shape index (κ3) is 5.91. The number of rotatable bonds is 7. The van der Waals surface area contributed by atoms with Crippen molar-refractivity contribution >= 4 is 29.2 Å². The highest BCUT2D eigenvalue weighted by Gasteiger charge is 2.24. The Bertz CT molecular complexity index is 866. The number of nitriles is 1. The highest BCUT2D eigenvalue weighted by Crippen LogP contribution is 2.21. The number of ether oxygens (including phenoxy) is 2. The number of esters is 2. The van der Waals surface area contributed by atoms with E-state index >= 15 is 0 Å². The van der Waals surface area contributed by atoms with Crippen LogP contribution in [0, 0.1) is 11.3 Å². The first-order chi connectivity index (χ1) is 14.4. The van der Waals surface area contributed by atoms with E-state index in [1.807, 2.05) is 29.2 Å². The van der Waals surface area contributed by atoms with Gasteiger partial charge in [0.15, 0.2) is 0 Å². The van der Waals surface area contributed by atoms with Crippen molar-refractivity contribution in [2.24, 2.45) is 5.73 Å². The number of nitrogens with two attached hydrogens (primary N) is 1. The van der Waals surface area contributed by atoms with Crippen molar-refractivity contribution in [3.8, 4) is 6.07 Å². The number of halogens is 1. The molecule has 8 nitrogen and oxygen atoms in total. The van der Waals surface area contributed by atoms with E-state index in [4.69, 9.17) is 26.8 Å². The van der Waals surface area contributed by atoms with Crippen molar-refractivity contribution in [1.82, 2.24) is 4.90 Å². The van der Waals surface area contributed by atoms with Gasteiger partial charge in [0.05, 0.1) is 13.2 Å². The standard InChI is InChI=1S/C21H25ClN4O4/c1-3-29-20(27)15(14-23)13-18(21(28)30-4-2)19(24)26-11-9-25(10-12-26)17-7-5-16(22)6-8-17/h5-8,13H,3-4,9-12,24H2,1-2H3/b15-13+,19-18+. The van der Waals surface area contributed by atoms with E-state index in [0.717, 1.165) is 11.8 Å². The zero-order valence-electron chi connectivity index (χ0n) is 17.1. The maximum atomic E-state index is 12.5. The van der Waals surface area contributed by atoms with Crippen molar-refractivity contribution in [2.75, 3.05) is 44.3 Å². The fourth-order valence-corrected chi connectivity index (χ4v) is 3.09. The smallest absolute Gasteiger partial charge is 0.348 e. The Balaban J connectivity index is 2.25. The van der Waals surface area contributed by atoms with Gasteiger partial charge >= 0.3 is 11.9 Å². The van der Waals surface area contributed by atoms with Crippen LogP contribution in [0.15, 0.2) is 47.3 Å². The van der Waals surface area contributed by atoms with E-state index in [2.05, 4.69) is 4.90 Å². The average molecular weight is 433 g/mol. The molecule has 2 N–H and O–H groups in total. The zero-order valence-corrected chi connectivity index (χ0v) is 17.8. The Morgan fingerprint density at radius 1 is 1.10 bits per heavy atom. The van der Waals surface area contributed by atoms with Gasteiger partial charge in [0, 0.05) is 36.9 Å². The number of piperazine rings is 1. The van der Waals surface area contributed by atoms with Crippen LogP contribution in [0.4, 0.5) is 5.69 Å². The molecule has 1 aromatic rings. The van der Waals surface area contributed by atoms with E-state index < -0.39 is 11.9 Å². The van der Waals surface area contributed by atoms with Crippen LogP contribution in [-0.2, 0) is 19.1 Å². The lowest BCUT2D eigenvalue weighted by molar-refractivity contribution is -0.138. The molecule has 1 fully saturated rings. The van der Waals surface area contributed by atoms with Crippen molar-refractivity contribution in [3.05, 3.63) is 52.3 Å². The number of benzene rings is 1. The van der Waals surface area contributed by atoms with Crippen LogP contribution in [0.3, 0.4) is 0 Å². The first kappa shape index (κ1) is 23.1. The summed E-state index contributed by atoms with van der Waals surface area (Å²) in [5.41, 5.74) is 6.95. The predicted octanol–water partition coefficient (Wildman–Crippen LogP) is 2.21. The van der Waals surface area contributed by atoms with E-state index in [1.165, 1.54) is 0 Å². The number of carbonyl (C=O) groups excluding carboxylic acids is 2. The quantitative estimate of drug-likeness (QED) is 0.302. The summed E-state index contributed by atoms with van der Waals surface area (Å²) in [6.45, 7) is 5.98. The van der Waals surface area contributed by atoms with E-state index in [0.29, 0.717) is 31.2 Å². The minimum absolute atomic E-state index is 0.0404. The lowest BCUT2D eigenvalue weighted by Gasteiger charge is -2.37. The number of anilines is 1. The van der Waals surface area contributed by atoms with Gasteiger partial charge < -0.3 is 25.0 Å². The molecule has 0 unspecified atom stereocenters. The molecule has 0 radical (unpaired) electrons. The third-order valence-electron chi connectivity index (χ3n) is 4.49. The van der Waals surface area contributed by atoms with E-state index in [1.54, 1.807) is 19.9 Å². The van der Waals surface area contributed by atoms with Gasteiger partial charge in [0.1, 0.15) is 23.0 Å². The van der Waals surface area contributed by atoms with E-state index in [-0.39, 0.29) is 30.2 Å². The van der Waals surface area contributed by atoms with Crippen LogP contribution in [0.25, 0.3) is 0 Å². The van der Waals surface area contributed by atoms with Crippen molar-refractivity contribution < 1.29 is 19.1 Å². The van der Waals surface area contributed by atoms with Gasteiger partial charge in [-0.15, -0.1) is 0 Å². The summed E-state index contributed by atoms with van der Waals surface area (Å²) in [4.78, 5) is 28.4.